The monoisotopic (exact) mass is 443 g/mol. The van der Waals surface area contributed by atoms with Crippen LogP contribution in [0.5, 0.6) is 5.75 Å². The molecule has 2 atom stereocenters. The highest BCUT2D eigenvalue weighted by molar-refractivity contribution is 5.92. The van der Waals surface area contributed by atoms with Crippen LogP contribution in [0, 0.1) is 11.3 Å². The van der Waals surface area contributed by atoms with E-state index in [1.807, 2.05) is 36.4 Å². The Bertz CT molecular complexity index is 1200. The van der Waals surface area contributed by atoms with E-state index in [0.29, 0.717) is 29.7 Å². The maximum atomic E-state index is 13.4. The SMILES string of the molecule is COc1ccc(C23Cc4cc(C#N)ccc4C(O2)C2=C(CC4(CCCCC4)OC2=O)O3)cc1. The summed E-state index contributed by atoms with van der Waals surface area (Å²) in [5.41, 5.74) is 3.24. The summed E-state index contributed by atoms with van der Waals surface area (Å²) in [5.74, 6) is 0.0105. The second-order valence-corrected chi connectivity index (χ2v) is 9.43. The number of nitrogens with zero attached hydrogens (tertiary/aromatic N) is 1. The number of ether oxygens (including phenoxy) is 4. The lowest BCUT2D eigenvalue weighted by Crippen LogP contribution is -2.51. The molecule has 3 aliphatic heterocycles. The van der Waals surface area contributed by atoms with Gasteiger partial charge in [0.05, 0.1) is 18.7 Å². The lowest BCUT2D eigenvalue weighted by Gasteiger charge is -2.51. The number of carbonyl (C=O) groups is 1. The van der Waals surface area contributed by atoms with Crippen molar-refractivity contribution in [2.45, 2.75) is 62.4 Å². The van der Waals surface area contributed by atoms with Gasteiger partial charge in [-0.3, -0.25) is 0 Å². The lowest BCUT2D eigenvalue weighted by atomic mass is 9.77. The van der Waals surface area contributed by atoms with Crippen LogP contribution in [0.3, 0.4) is 0 Å². The van der Waals surface area contributed by atoms with Gasteiger partial charge in [-0.15, -0.1) is 0 Å². The van der Waals surface area contributed by atoms with Crippen LogP contribution in [-0.4, -0.2) is 18.7 Å². The molecular weight excluding hydrogens is 418 g/mol. The molecule has 0 radical (unpaired) electrons. The average molecular weight is 443 g/mol. The Labute approximate surface area is 192 Å². The first kappa shape index (κ1) is 20.3. The van der Waals surface area contributed by atoms with Crippen molar-refractivity contribution in [2.24, 2.45) is 0 Å². The second kappa shape index (κ2) is 7.36. The third-order valence-corrected chi connectivity index (χ3v) is 7.44. The van der Waals surface area contributed by atoms with Crippen LogP contribution in [0.15, 0.2) is 53.8 Å². The van der Waals surface area contributed by atoms with Crippen molar-refractivity contribution in [1.82, 2.24) is 0 Å². The molecule has 0 amide bonds. The Morgan fingerprint density at radius 2 is 1.82 bits per heavy atom. The van der Waals surface area contributed by atoms with Crippen LogP contribution in [0.4, 0.5) is 0 Å². The molecule has 168 valence electrons. The fourth-order valence-electron chi connectivity index (χ4n) is 5.79. The average Bonchev–Trinajstić information content (AvgIpc) is 2.83. The standard InChI is InChI=1S/C27H25NO5/c1-30-20-8-6-19(7-9-20)27-14-18-13-17(16-28)5-10-21(18)24(32-27)23-22(31-27)15-26(33-25(23)29)11-3-2-4-12-26/h5-10,13,24H,2-4,11-12,14-15H2,1H3. The molecule has 6 nitrogen and oxygen atoms in total. The van der Waals surface area contributed by atoms with Crippen molar-refractivity contribution in [1.29, 1.82) is 5.26 Å². The van der Waals surface area contributed by atoms with Gasteiger partial charge < -0.3 is 18.9 Å². The molecule has 6 rings (SSSR count). The maximum Gasteiger partial charge on any atom is 0.341 e. The molecule has 2 aromatic carbocycles. The number of methoxy groups -OCH3 is 1. The number of rotatable bonds is 2. The van der Waals surface area contributed by atoms with Crippen molar-refractivity contribution in [3.63, 3.8) is 0 Å². The number of fused-ring (bicyclic) bond motifs is 5. The zero-order valence-corrected chi connectivity index (χ0v) is 18.6. The molecule has 6 heteroatoms. The van der Waals surface area contributed by atoms with Crippen molar-refractivity contribution < 1.29 is 23.7 Å². The van der Waals surface area contributed by atoms with Gasteiger partial charge >= 0.3 is 5.97 Å². The largest absolute Gasteiger partial charge is 0.497 e. The third-order valence-electron chi connectivity index (χ3n) is 7.44. The molecule has 0 N–H and O–H groups in total. The summed E-state index contributed by atoms with van der Waals surface area (Å²) in [6.07, 6.45) is 5.43. The van der Waals surface area contributed by atoms with Gasteiger partial charge in [0.1, 0.15) is 28.8 Å². The van der Waals surface area contributed by atoms with Crippen LogP contribution in [-0.2, 0) is 31.2 Å². The third kappa shape index (κ3) is 3.14. The zero-order valence-electron chi connectivity index (χ0n) is 18.6. The molecule has 1 aliphatic carbocycles. The number of nitriles is 1. The van der Waals surface area contributed by atoms with Gasteiger partial charge in [0.2, 0.25) is 5.79 Å². The molecule has 2 aromatic rings. The highest BCUT2D eigenvalue weighted by Gasteiger charge is 2.55. The molecule has 1 fully saturated rings. The van der Waals surface area contributed by atoms with E-state index in [2.05, 4.69) is 6.07 Å². The van der Waals surface area contributed by atoms with E-state index >= 15 is 0 Å². The fourth-order valence-corrected chi connectivity index (χ4v) is 5.79. The van der Waals surface area contributed by atoms with E-state index in [1.165, 1.54) is 6.42 Å². The molecule has 2 unspecified atom stereocenters. The minimum absolute atomic E-state index is 0.344. The van der Waals surface area contributed by atoms with Gasteiger partial charge in [-0.1, -0.05) is 12.5 Å². The lowest BCUT2D eigenvalue weighted by molar-refractivity contribution is -0.278. The second-order valence-electron chi connectivity index (χ2n) is 9.43. The number of benzene rings is 2. The van der Waals surface area contributed by atoms with Crippen LogP contribution < -0.4 is 4.74 Å². The smallest absolute Gasteiger partial charge is 0.341 e. The van der Waals surface area contributed by atoms with Crippen molar-refractivity contribution in [2.75, 3.05) is 7.11 Å². The van der Waals surface area contributed by atoms with Crippen molar-refractivity contribution in [3.8, 4) is 11.8 Å². The van der Waals surface area contributed by atoms with Crippen LogP contribution in [0.2, 0.25) is 0 Å². The van der Waals surface area contributed by atoms with E-state index in [1.54, 1.807) is 13.2 Å². The van der Waals surface area contributed by atoms with E-state index in [9.17, 15) is 10.1 Å². The van der Waals surface area contributed by atoms with Crippen molar-refractivity contribution >= 4 is 5.97 Å². The predicted octanol–water partition coefficient (Wildman–Crippen LogP) is 4.97. The zero-order chi connectivity index (χ0) is 22.6. The van der Waals surface area contributed by atoms with Gasteiger partial charge in [0.15, 0.2) is 0 Å². The van der Waals surface area contributed by atoms with E-state index in [-0.39, 0.29) is 5.97 Å². The summed E-state index contributed by atoms with van der Waals surface area (Å²) in [6, 6.07) is 15.4. The summed E-state index contributed by atoms with van der Waals surface area (Å²) < 4.78 is 24.7. The Hall–Kier alpha value is -3.30. The molecule has 0 aromatic heterocycles. The van der Waals surface area contributed by atoms with E-state index in [0.717, 1.165) is 48.1 Å². The Balaban J connectivity index is 1.50. The van der Waals surface area contributed by atoms with E-state index in [4.69, 9.17) is 18.9 Å². The first-order chi connectivity index (χ1) is 16.0. The molecule has 3 heterocycles. The van der Waals surface area contributed by atoms with Crippen LogP contribution in [0.25, 0.3) is 0 Å². The molecule has 1 saturated carbocycles. The van der Waals surface area contributed by atoms with Gasteiger partial charge in [-0.2, -0.15) is 5.26 Å². The summed E-state index contributed by atoms with van der Waals surface area (Å²) in [5, 5.41) is 9.44. The molecule has 4 aliphatic rings. The van der Waals surface area contributed by atoms with Gasteiger partial charge in [0, 0.05) is 18.4 Å². The summed E-state index contributed by atoms with van der Waals surface area (Å²) in [4.78, 5) is 13.4. The highest BCUT2D eigenvalue weighted by atomic mass is 16.7. The Morgan fingerprint density at radius 3 is 2.55 bits per heavy atom. The summed E-state index contributed by atoms with van der Waals surface area (Å²) >= 11 is 0. The molecule has 0 saturated heterocycles. The van der Waals surface area contributed by atoms with E-state index < -0.39 is 17.5 Å². The fraction of sp³-hybridized carbons (Fsp3) is 0.407. The Morgan fingerprint density at radius 1 is 1.03 bits per heavy atom. The Kier molecular flexibility index (Phi) is 4.53. The predicted molar refractivity (Wildman–Crippen MR) is 118 cm³/mol. The van der Waals surface area contributed by atoms with Gasteiger partial charge in [-0.05, 0) is 73.2 Å². The number of esters is 1. The first-order valence-corrected chi connectivity index (χ1v) is 11.6. The first-order valence-electron chi connectivity index (χ1n) is 11.6. The summed E-state index contributed by atoms with van der Waals surface area (Å²) in [6.45, 7) is 0. The molecular formula is C27H25NO5. The molecule has 33 heavy (non-hydrogen) atoms. The number of hydrogen-bond acceptors (Lipinski definition) is 6. The van der Waals surface area contributed by atoms with Gasteiger partial charge in [-0.25, -0.2) is 4.79 Å². The maximum absolute atomic E-state index is 13.4. The summed E-state index contributed by atoms with van der Waals surface area (Å²) in [7, 11) is 1.63. The van der Waals surface area contributed by atoms with Gasteiger partial charge in [0.25, 0.3) is 0 Å². The number of hydrogen-bond donors (Lipinski definition) is 0. The highest BCUT2D eigenvalue weighted by Crippen LogP contribution is 2.55. The minimum atomic E-state index is -1.08. The topological polar surface area (TPSA) is 77.8 Å². The van der Waals surface area contributed by atoms with Crippen molar-refractivity contribution in [3.05, 3.63) is 76.1 Å². The quantitative estimate of drug-likeness (QED) is 0.610. The van der Waals surface area contributed by atoms with Crippen LogP contribution >= 0.6 is 0 Å². The molecule has 1 spiro atoms. The number of carbonyl (C=O) groups excluding carboxylic acids is 1. The minimum Gasteiger partial charge on any atom is -0.497 e. The normalized spacial score (nSPS) is 27.0. The molecule has 2 bridgehead atoms. The van der Waals surface area contributed by atoms with Crippen LogP contribution in [0.1, 0.15) is 66.9 Å².